The second-order valence-electron chi connectivity index (χ2n) is 5.92. The summed E-state index contributed by atoms with van der Waals surface area (Å²) in [7, 11) is 0. The molecule has 0 spiro atoms. The number of fused-ring (bicyclic) bond motifs is 1. The monoisotopic (exact) mass is 315 g/mol. The Kier molecular flexibility index (Phi) is 4.26. The Balaban J connectivity index is 2.05. The number of aromatic nitrogens is 2. The average molecular weight is 315 g/mol. The molecule has 24 heavy (non-hydrogen) atoms. The van der Waals surface area contributed by atoms with Gasteiger partial charge in [-0.25, -0.2) is 4.98 Å². The Morgan fingerprint density at radius 3 is 2.54 bits per heavy atom. The third-order valence-electron chi connectivity index (χ3n) is 3.90. The van der Waals surface area contributed by atoms with Crippen LogP contribution < -0.4 is 5.56 Å². The molecule has 0 aliphatic heterocycles. The third-order valence-corrected chi connectivity index (χ3v) is 3.90. The molecule has 0 atom stereocenters. The van der Waals surface area contributed by atoms with Crippen molar-refractivity contribution in [1.29, 1.82) is 5.26 Å². The van der Waals surface area contributed by atoms with E-state index >= 15 is 0 Å². The summed E-state index contributed by atoms with van der Waals surface area (Å²) in [6.45, 7) is 4.27. The minimum absolute atomic E-state index is 0.244. The smallest absolute Gasteiger partial charge is 0.259 e. The topological polar surface area (TPSA) is 69.5 Å². The van der Waals surface area contributed by atoms with Crippen LogP contribution in [0, 0.1) is 11.3 Å². The van der Waals surface area contributed by atoms with Crippen LogP contribution in [-0.4, -0.2) is 9.97 Å². The van der Waals surface area contributed by atoms with Gasteiger partial charge in [-0.3, -0.25) is 4.79 Å². The lowest BCUT2D eigenvalue weighted by Crippen LogP contribution is -2.11. The molecule has 3 rings (SSSR count). The second kappa shape index (κ2) is 6.51. The summed E-state index contributed by atoms with van der Waals surface area (Å²) in [5.41, 5.74) is 2.80. The van der Waals surface area contributed by atoms with Crippen LogP contribution in [0.2, 0.25) is 0 Å². The maximum absolute atomic E-state index is 12.2. The summed E-state index contributed by atoms with van der Waals surface area (Å²) >= 11 is 0. The Bertz CT molecular complexity index is 1010. The van der Waals surface area contributed by atoms with Gasteiger partial charge in [0.05, 0.1) is 16.5 Å². The van der Waals surface area contributed by atoms with Crippen molar-refractivity contribution in [3.63, 3.8) is 0 Å². The number of aromatic amines is 1. The van der Waals surface area contributed by atoms with E-state index in [0.717, 1.165) is 5.56 Å². The molecule has 0 fully saturated rings. The zero-order valence-electron chi connectivity index (χ0n) is 13.6. The summed E-state index contributed by atoms with van der Waals surface area (Å²) in [5.74, 6) is 0.742. The van der Waals surface area contributed by atoms with Crippen molar-refractivity contribution in [2.24, 2.45) is 0 Å². The molecule has 0 saturated carbocycles. The van der Waals surface area contributed by atoms with Crippen molar-refractivity contribution in [2.45, 2.75) is 19.8 Å². The Hall–Kier alpha value is -3.19. The quantitative estimate of drug-likeness (QED) is 0.739. The number of nitrogens with zero attached hydrogens (tertiary/aromatic N) is 2. The van der Waals surface area contributed by atoms with E-state index in [1.54, 1.807) is 24.3 Å². The van der Waals surface area contributed by atoms with Gasteiger partial charge < -0.3 is 4.98 Å². The summed E-state index contributed by atoms with van der Waals surface area (Å²) in [6, 6.07) is 17.2. The highest BCUT2D eigenvalue weighted by atomic mass is 16.1. The molecule has 0 amide bonds. The normalized spacial score (nSPS) is 11.7. The minimum atomic E-state index is -0.244. The Morgan fingerprint density at radius 2 is 1.88 bits per heavy atom. The Labute approximate surface area is 140 Å². The fourth-order valence-corrected chi connectivity index (χ4v) is 2.51. The first-order valence-electron chi connectivity index (χ1n) is 7.79. The van der Waals surface area contributed by atoms with E-state index in [-0.39, 0.29) is 11.4 Å². The van der Waals surface area contributed by atoms with Crippen molar-refractivity contribution in [3.05, 3.63) is 75.8 Å². The standard InChI is InChI=1S/C20H17N3O/c1-13(2)15-9-7-14(8-10-15)11-16(12-21)19-22-18-6-4-3-5-17(18)20(24)23-19/h3-11,13H,1-2H3,(H,22,23,24)/b16-11-. The number of nitriles is 1. The molecule has 0 bridgehead atoms. The van der Waals surface area contributed by atoms with Crippen LogP contribution in [0.25, 0.3) is 22.6 Å². The lowest BCUT2D eigenvalue weighted by Gasteiger charge is -2.05. The molecular weight excluding hydrogens is 298 g/mol. The number of hydrogen-bond donors (Lipinski definition) is 1. The summed E-state index contributed by atoms with van der Waals surface area (Å²) < 4.78 is 0. The zero-order valence-corrected chi connectivity index (χ0v) is 13.6. The van der Waals surface area contributed by atoms with E-state index in [2.05, 4.69) is 29.9 Å². The predicted molar refractivity (Wildman–Crippen MR) is 96.4 cm³/mol. The van der Waals surface area contributed by atoms with E-state index in [0.29, 0.717) is 22.4 Å². The van der Waals surface area contributed by atoms with E-state index in [9.17, 15) is 10.1 Å². The molecule has 2 aromatic carbocycles. The first kappa shape index (κ1) is 15.7. The molecule has 118 valence electrons. The van der Waals surface area contributed by atoms with Gasteiger partial charge in [0.15, 0.2) is 5.82 Å². The first-order valence-corrected chi connectivity index (χ1v) is 7.79. The number of benzene rings is 2. The fraction of sp³-hybridized carbons (Fsp3) is 0.150. The number of para-hydroxylation sites is 1. The van der Waals surface area contributed by atoms with Gasteiger partial charge in [0.2, 0.25) is 0 Å². The molecule has 0 radical (unpaired) electrons. The van der Waals surface area contributed by atoms with Gasteiger partial charge in [-0.2, -0.15) is 5.26 Å². The highest BCUT2D eigenvalue weighted by molar-refractivity contribution is 5.89. The van der Waals surface area contributed by atoms with E-state index in [1.807, 2.05) is 30.3 Å². The van der Waals surface area contributed by atoms with Gasteiger partial charge >= 0.3 is 0 Å². The second-order valence-corrected chi connectivity index (χ2v) is 5.92. The number of hydrogen-bond acceptors (Lipinski definition) is 3. The van der Waals surface area contributed by atoms with Crippen molar-refractivity contribution in [1.82, 2.24) is 9.97 Å². The fourth-order valence-electron chi connectivity index (χ4n) is 2.51. The van der Waals surface area contributed by atoms with Crippen molar-refractivity contribution >= 4 is 22.6 Å². The zero-order chi connectivity index (χ0) is 17.1. The largest absolute Gasteiger partial charge is 0.305 e. The molecule has 0 aliphatic rings. The molecule has 1 N–H and O–H groups in total. The van der Waals surface area contributed by atoms with Crippen molar-refractivity contribution in [3.8, 4) is 6.07 Å². The predicted octanol–water partition coefficient (Wildman–Crippen LogP) is 4.11. The number of nitrogens with one attached hydrogen (secondary N) is 1. The molecule has 1 aromatic heterocycles. The number of rotatable bonds is 3. The van der Waals surface area contributed by atoms with Gasteiger partial charge in [-0.1, -0.05) is 50.2 Å². The van der Waals surface area contributed by atoms with Crippen molar-refractivity contribution in [2.75, 3.05) is 0 Å². The van der Waals surface area contributed by atoms with E-state index < -0.39 is 0 Å². The summed E-state index contributed by atoms with van der Waals surface area (Å²) in [5, 5.41) is 9.98. The van der Waals surface area contributed by atoms with E-state index in [1.165, 1.54) is 5.56 Å². The molecule has 4 nitrogen and oxygen atoms in total. The summed E-state index contributed by atoms with van der Waals surface area (Å²) in [4.78, 5) is 19.3. The van der Waals surface area contributed by atoms with Crippen LogP contribution in [0.3, 0.4) is 0 Å². The van der Waals surface area contributed by atoms with Crippen LogP contribution in [-0.2, 0) is 0 Å². The van der Waals surface area contributed by atoms with Gasteiger partial charge in [0.25, 0.3) is 5.56 Å². The Morgan fingerprint density at radius 1 is 1.17 bits per heavy atom. The molecule has 3 aromatic rings. The molecule has 4 heteroatoms. The molecule has 0 unspecified atom stereocenters. The molecule has 1 heterocycles. The maximum Gasteiger partial charge on any atom is 0.259 e. The van der Waals surface area contributed by atoms with Gasteiger partial charge in [0.1, 0.15) is 6.07 Å². The maximum atomic E-state index is 12.2. The van der Waals surface area contributed by atoms with Gasteiger partial charge in [-0.15, -0.1) is 0 Å². The van der Waals surface area contributed by atoms with Gasteiger partial charge in [-0.05, 0) is 35.3 Å². The lowest BCUT2D eigenvalue weighted by atomic mass is 10.0. The van der Waals surface area contributed by atoms with Crippen LogP contribution in [0.5, 0.6) is 0 Å². The summed E-state index contributed by atoms with van der Waals surface area (Å²) in [6.07, 6.45) is 1.73. The highest BCUT2D eigenvalue weighted by Crippen LogP contribution is 2.19. The first-order chi connectivity index (χ1) is 11.6. The van der Waals surface area contributed by atoms with Crippen LogP contribution >= 0.6 is 0 Å². The van der Waals surface area contributed by atoms with E-state index in [4.69, 9.17) is 0 Å². The average Bonchev–Trinajstić information content (AvgIpc) is 2.60. The third kappa shape index (κ3) is 3.11. The SMILES string of the molecule is CC(C)c1ccc(/C=C(/C#N)c2nc3ccccc3c(=O)[nH]2)cc1. The van der Waals surface area contributed by atoms with Gasteiger partial charge in [0, 0.05) is 0 Å². The van der Waals surface area contributed by atoms with Crippen molar-refractivity contribution < 1.29 is 0 Å². The molecule has 0 aliphatic carbocycles. The van der Waals surface area contributed by atoms with Crippen LogP contribution in [0.1, 0.15) is 36.7 Å². The number of allylic oxidation sites excluding steroid dienone is 1. The molecule has 0 saturated heterocycles. The minimum Gasteiger partial charge on any atom is -0.305 e. The highest BCUT2D eigenvalue weighted by Gasteiger charge is 2.08. The van der Waals surface area contributed by atoms with Crippen LogP contribution in [0.15, 0.2) is 53.3 Å². The lowest BCUT2D eigenvalue weighted by molar-refractivity contribution is 0.866. The number of H-pyrrole nitrogens is 1. The van der Waals surface area contributed by atoms with Crippen LogP contribution in [0.4, 0.5) is 0 Å². The molecular formula is C20H17N3O.